The van der Waals surface area contributed by atoms with Gasteiger partial charge in [0.1, 0.15) is 5.60 Å². The highest BCUT2D eigenvalue weighted by atomic mass is 32.2. The normalized spacial score (nSPS) is 27.6. The topological polar surface area (TPSA) is 50.4 Å². The largest absolute Gasteiger partial charge is 0.444 e. The summed E-state index contributed by atoms with van der Waals surface area (Å²) in [6.45, 7) is 6.42. The standard InChI is InChI=1S/C16H30N2O2S/c1-16(2,3)20-15(19)17-11-12-5-4-6-14(12)18-13-7-9-21-10-8-13/h12-14,18H,4-11H2,1-3H3,(H,17,19)/t12-,14-/m1/s1. The maximum atomic E-state index is 11.8. The molecule has 2 fully saturated rings. The number of thioether (sulfide) groups is 1. The van der Waals surface area contributed by atoms with E-state index in [1.165, 1.54) is 43.6 Å². The van der Waals surface area contributed by atoms with Gasteiger partial charge in [-0.05, 0) is 63.9 Å². The van der Waals surface area contributed by atoms with Gasteiger partial charge < -0.3 is 15.4 Å². The van der Waals surface area contributed by atoms with E-state index < -0.39 is 5.60 Å². The van der Waals surface area contributed by atoms with Crippen molar-refractivity contribution in [3.8, 4) is 0 Å². The fraction of sp³-hybridized carbons (Fsp3) is 0.938. The molecule has 5 heteroatoms. The van der Waals surface area contributed by atoms with Crippen LogP contribution >= 0.6 is 11.8 Å². The van der Waals surface area contributed by atoms with E-state index in [0.29, 0.717) is 18.0 Å². The molecule has 2 rings (SSSR count). The molecule has 0 aromatic carbocycles. The Labute approximate surface area is 133 Å². The maximum absolute atomic E-state index is 11.8. The molecule has 1 saturated carbocycles. The molecule has 1 amide bonds. The first-order valence-electron chi connectivity index (χ1n) is 8.25. The lowest BCUT2D eigenvalue weighted by Crippen LogP contribution is -2.45. The van der Waals surface area contributed by atoms with Crippen molar-refractivity contribution in [2.75, 3.05) is 18.1 Å². The monoisotopic (exact) mass is 314 g/mol. The summed E-state index contributed by atoms with van der Waals surface area (Å²) in [6, 6.07) is 1.24. The van der Waals surface area contributed by atoms with Crippen molar-refractivity contribution >= 4 is 17.9 Å². The Morgan fingerprint density at radius 1 is 1.19 bits per heavy atom. The van der Waals surface area contributed by atoms with Gasteiger partial charge >= 0.3 is 6.09 Å². The van der Waals surface area contributed by atoms with Crippen LogP contribution in [0.2, 0.25) is 0 Å². The highest BCUT2D eigenvalue weighted by Crippen LogP contribution is 2.27. The molecule has 1 saturated heterocycles. The zero-order valence-electron chi connectivity index (χ0n) is 13.6. The molecule has 2 atom stereocenters. The van der Waals surface area contributed by atoms with Gasteiger partial charge in [0.05, 0.1) is 0 Å². The second-order valence-corrected chi connectivity index (χ2v) is 8.46. The first-order valence-corrected chi connectivity index (χ1v) is 9.40. The van der Waals surface area contributed by atoms with Crippen LogP contribution in [0.4, 0.5) is 4.79 Å². The summed E-state index contributed by atoms with van der Waals surface area (Å²) < 4.78 is 5.31. The van der Waals surface area contributed by atoms with Crippen molar-refractivity contribution in [3.63, 3.8) is 0 Å². The number of hydrogen-bond donors (Lipinski definition) is 2. The number of alkyl carbamates (subject to hydrolysis) is 1. The number of carbonyl (C=O) groups excluding carboxylic acids is 1. The van der Waals surface area contributed by atoms with Crippen molar-refractivity contribution in [2.24, 2.45) is 5.92 Å². The van der Waals surface area contributed by atoms with E-state index >= 15 is 0 Å². The minimum absolute atomic E-state index is 0.290. The summed E-state index contributed by atoms with van der Waals surface area (Å²) in [6.07, 6.45) is 5.99. The Kier molecular flexibility index (Phi) is 6.23. The van der Waals surface area contributed by atoms with E-state index in [1.807, 2.05) is 20.8 Å². The van der Waals surface area contributed by atoms with Gasteiger partial charge in [-0.25, -0.2) is 4.79 Å². The van der Waals surface area contributed by atoms with E-state index in [0.717, 1.165) is 6.54 Å². The van der Waals surface area contributed by atoms with E-state index in [2.05, 4.69) is 22.4 Å². The number of ether oxygens (including phenoxy) is 1. The van der Waals surface area contributed by atoms with Crippen molar-refractivity contribution in [1.29, 1.82) is 0 Å². The molecule has 1 aliphatic carbocycles. The predicted octanol–water partition coefficient (Wildman–Crippen LogP) is 3.17. The molecular weight excluding hydrogens is 284 g/mol. The van der Waals surface area contributed by atoms with Crippen molar-refractivity contribution in [1.82, 2.24) is 10.6 Å². The smallest absolute Gasteiger partial charge is 0.407 e. The lowest BCUT2D eigenvalue weighted by atomic mass is 10.0. The minimum atomic E-state index is -0.419. The van der Waals surface area contributed by atoms with E-state index in [4.69, 9.17) is 4.74 Å². The first-order chi connectivity index (χ1) is 9.94. The van der Waals surface area contributed by atoms with Crippen LogP contribution in [0.1, 0.15) is 52.9 Å². The summed E-state index contributed by atoms with van der Waals surface area (Å²) in [5.41, 5.74) is -0.419. The number of rotatable bonds is 4. The van der Waals surface area contributed by atoms with Crippen LogP contribution < -0.4 is 10.6 Å². The summed E-state index contributed by atoms with van der Waals surface area (Å²) in [7, 11) is 0. The molecule has 0 unspecified atom stereocenters. The van der Waals surface area contributed by atoms with Crippen molar-refractivity contribution in [2.45, 2.75) is 70.6 Å². The Morgan fingerprint density at radius 3 is 2.57 bits per heavy atom. The van der Waals surface area contributed by atoms with E-state index in [-0.39, 0.29) is 6.09 Å². The first kappa shape index (κ1) is 16.9. The molecule has 0 bridgehead atoms. The Bertz CT molecular complexity index is 338. The third kappa shape index (κ3) is 6.07. The van der Waals surface area contributed by atoms with Crippen molar-refractivity contribution in [3.05, 3.63) is 0 Å². The average Bonchev–Trinajstić information content (AvgIpc) is 2.83. The van der Waals surface area contributed by atoms with Gasteiger partial charge in [0.25, 0.3) is 0 Å². The van der Waals surface area contributed by atoms with Gasteiger partial charge in [0.2, 0.25) is 0 Å². The number of hydrogen-bond acceptors (Lipinski definition) is 4. The van der Waals surface area contributed by atoms with Gasteiger partial charge in [0.15, 0.2) is 0 Å². The summed E-state index contributed by atoms with van der Waals surface area (Å²) in [4.78, 5) is 11.8. The van der Waals surface area contributed by atoms with Crippen LogP contribution in [0.5, 0.6) is 0 Å². The molecule has 2 aliphatic rings. The molecule has 122 valence electrons. The number of amides is 1. The second-order valence-electron chi connectivity index (χ2n) is 7.23. The molecule has 1 aliphatic heterocycles. The molecule has 0 radical (unpaired) electrons. The van der Waals surface area contributed by atoms with Gasteiger partial charge in [-0.3, -0.25) is 0 Å². The fourth-order valence-electron chi connectivity index (χ4n) is 3.20. The molecule has 0 aromatic rings. The lowest BCUT2D eigenvalue weighted by Gasteiger charge is -2.29. The number of carbonyl (C=O) groups is 1. The fourth-order valence-corrected chi connectivity index (χ4v) is 4.30. The number of nitrogens with one attached hydrogen (secondary N) is 2. The molecular formula is C16H30N2O2S. The highest BCUT2D eigenvalue weighted by Gasteiger charge is 2.30. The highest BCUT2D eigenvalue weighted by molar-refractivity contribution is 7.99. The molecule has 0 aromatic heterocycles. The van der Waals surface area contributed by atoms with Crippen LogP contribution in [-0.2, 0) is 4.74 Å². The van der Waals surface area contributed by atoms with E-state index in [9.17, 15) is 4.79 Å². The third-order valence-electron chi connectivity index (χ3n) is 4.24. The van der Waals surface area contributed by atoms with Gasteiger partial charge in [-0.2, -0.15) is 11.8 Å². The second kappa shape index (κ2) is 7.73. The molecule has 4 nitrogen and oxygen atoms in total. The van der Waals surface area contributed by atoms with E-state index in [1.54, 1.807) is 0 Å². The minimum Gasteiger partial charge on any atom is -0.444 e. The molecule has 1 heterocycles. The predicted molar refractivity (Wildman–Crippen MR) is 88.8 cm³/mol. The van der Waals surface area contributed by atoms with Crippen LogP contribution in [0.15, 0.2) is 0 Å². The van der Waals surface area contributed by atoms with Crippen LogP contribution in [0.25, 0.3) is 0 Å². The van der Waals surface area contributed by atoms with Crippen LogP contribution in [0.3, 0.4) is 0 Å². The third-order valence-corrected chi connectivity index (χ3v) is 5.29. The molecule has 21 heavy (non-hydrogen) atoms. The summed E-state index contributed by atoms with van der Waals surface area (Å²) >= 11 is 2.06. The quantitative estimate of drug-likeness (QED) is 0.837. The zero-order chi connectivity index (χ0) is 15.3. The SMILES string of the molecule is CC(C)(C)OC(=O)NC[C@H]1CCC[C@H]1NC1CCSCC1. The Balaban J connectivity index is 1.72. The maximum Gasteiger partial charge on any atom is 0.407 e. The Hall–Kier alpha value is -0.420. The summed E-state index contributed by atoms with van der Waals surface area (Å²) in [5, 5.41) is 6.78. The average molecular weight is 314 g/mol. The Morgan fingerprint density at radius 2 is 1.90 bits per heavy atom. The molecule has 0 spiro atoms. The van der Waals surface area contributed by atoms with Crippen LogP contribution in [0, 0.1) is 5.92 Å². The van der Waals surface area contributed by atoms with Gasteiger partial charge in [0, 0.05) is 18.6 Å². The summed E-state index contributed by atoms with van der Waals surface area (Å²) in [5.74, 6) is 3.11. The van der Waals surface area contributed by atoms with Crippen LogP contribution in [-0.4, -0.2) is 41.8 Å². The van der Waals surface area contributed by atoms with Gasteiger partial charge in [-0.1, -0.05) is 6.42 Å². The molecule has 2 N–H and O–H groups in total. The lowest BCUT2D eigenvalue weighted by molar-refractivity contribution is 0.0517. The van der Waals surface area contributed by atoms with Crippen molar-refractivity contribution < 1.29 is 9.53 Å². The van der Waals surface area contributed by atoms with Gasteiger partial charge in [-0.15, -0.1) is 0 Å². The zero-order valence-corrected chi connectivity index (χ0v) is 14.4.